The highest BCUT2D eigenvalue weighted by Crippen LogP contribution is 2.60. The molecule has 12 rings (SSSR count). The van der Waals surface area contributed by atoms with Crippen molar-refractivity contribution < 1.29 is 0 Å². The van der Waals surface area contributed by atoms with Gasteiger partial charge in [-0.15, -0.1) is 0 Å². The lowest BCUT2D eigenvalue weighted by molar-refractivity contribution is 0.690. The Balaban J connectivity index is 1.01. The Morgan fingerprint density at radius 3 is 1.63 bits per heavy atom. The molecule has 0 bridgehead atoms. The predicted molar refractivity (Wildman–Crippen MR) is 232 cm³/mol. The summed E-state index contributed by atoms with van der Waals surface area (Å²) in [7, 11) is 0. The summed E-state index contributed by atoms with van der Waals surface area (Å²) in [4.78, 5) is 17.4. The zero-order valence-corrected chi connectivity index (χ0v) is 31.5. The van der Waals surface area contributed by atoms with Crippen molar-refractivity contribution in [3.8, 4) is 51.0 Å². The molecule has 4 heterocycles. The fraction of sp³-hybridized carbons (Fsp3) is 0.0192. The molecule has 0 N–H and O–H groups in total. The van der Waals surface area contributed by atoms with Crippen LogP contribution in [0.25, 0.3) is 72.8 Å². The van der Waals surface area contributed by atoms with Crippen LogP contribution in [0.5, 0.6) is 0 Å². The van der Waals surface area contributed by atoms with Gasteiger partial charge in [-0.2, -0.15) is 0 Å². The van der Waals surface area contributed by atoms with Crippen LogP contribution in [0.15, 0.2) is 204 Å². The lowest BCUT2D eigenvalue weighted by Crippen LogP contribution is -2.37. The number of fused-ring (bicyclic) bond motifs is 11. The highest BCUT2D eigenvalue weighted by Gasteiger charge is 2.49. The van der Waals surface area contributed by atoms with Gasteiger partial charge in [0.25, 0.3) is 0 Å². The second-order valence-corrected chi connectivity index (χ2v) is 15.8. The summed E-state index contributed by atoms with van der Waals surface area (Å²) in [5, 5.41) is 2.57. The molecule has 2 aromatic heterocycles. The van der Waals surface area contributed by atoms with E-state index in [0.717, 1.165) is 22.3 Å². The van der Waals surface area contributed by atoms with Crippen molar-refractivity contribution in [3.05, 3.63) is 216 Å². The number of benzene rings is 8. The first-order valence-electron chi connectivity index (χ1n) is 19.3. The monoisotopic (exact) mass is 744 g/mol. The summed E-state index contributed by atoms with van der Waals surface area (Å²) in [6.45, 7) is 0. The second-order valence-electron chi connectivity index (χ2n) is 14.7. The van der Waals surface area contributed by atoms with Gasteiger partial charge in [-0.3, -0.25) is 0 Å². The lowest BCUT2D eigenvalue weighted by Gasteiger charge is -2.45. The molecule has 1 spiro atoms. The van der Waals surface area contributed by atoms with Crippen molar-refractivity contribution in [2.45, 2.75) is 15.2 Å². The normalized spacial score (nSPS) is 15.0. The average Bonchev–Trinajstić information content (AvgIpc) is 3.63. The second kappa shape index (κ2) is 12.5. The lowest BCUT2D eigenvalue weighted by atomic mass is 9.62. The molecular weight excluding hydrogens is 713 g/mol. The van der Waals surface area contributed by atoms with Crippen molar-refractivity contribution in [2.24, 2.45) is 0 Å². The van der Waals surface area contributed by atoms with Gasteiger partial charge >= 0.3 is 0 Å². The minimum absolute atomic E-state index is 0.494. The summed E-state index contributed by atoms with van der Waals surface area (Å²) in [5.41, 5.74) is 13.7. The third kappa shape index (κ3) is 4.73. The molecule has 8 aromatic carbocycles. The van der Waals surface area contributed by atoms with Gasteiger partial charge in [0.05, 0.1) is 22.1 Å². The van der Waals surface area contributed by atoms with E-state index >= 15 is 0 Å². The first kappa shape index (κ1) is 32.2. The zero-order chi connectivity index (χ0) is 37.5. The van der Waals surface area contributed by atoms with Crippen molar-refractivity contribution in [1.29, 1.82) is 0 Å². The maximum Gasteiger partial charge on any atom is 0.164 e. The Hall–Kier alpha value is -7.08. The Morgan fingerprint density at radius 2 is 0.895 bits per heavy atom. The molecular formula is C52H32N4S. The fourth-order valence-electron chi connectivity index (χ4n) is 9.26. The van der Waals surface area contributed by atoms with Crippen LogP contribution >= 0.6 is 11.8 Å². The predicted octanol–water partition coefficient (Wildman–Crippen LogP) is 12.8. The van der Waals surface area contributed by atoms with Crippen LogP contribution in [0.2, 0.25) is 0 Å². The largest absolute Gasteiger partial charge is 0.309 e. The summed E-state index contributed by atoms with van der Waals surface area (Å²) < 4.78 is 2.50. The van der Waals surface area contributed by atoms with E-state index in [1.165, 1.54) is 65.1 Å². The molecule has 2 aliphatic heterocycles. The molecule has 0 radical (unpaired) electrons. The van der Waals surface area contributed by atoms with Gasteiger partial charge in [0, 0.05) is 37.3 Å². The van der Waals surface area contributed by atoms with E-state index in [1.54, 1.807) is 0 Å². The Labute approximate surface area is 334 Å². The van der Waals surface area contributed by atoms with E-state index in [0.29, 0.717) is 17.5 Å². The SMILES string of the molecule is c1ccc(-c2nc(-c3ccccc3)nc(-c3ccc(-c4ccc5c(c4)Sc4ccccc4C54c5ccccc5-n5c6ccccc6c6cccc4c65)cc3)n2)cc1. The average molecular weight is 745 g/mol. The van der Waals surface area contributed by atoms with Gasteiger partial charge in [0.2, 0.25) is 0 Å². The van der Waals surface area contributed by atoms with Gasteiger partial charge in [0.1, 0.15) is 0 Å². The number of para-hydroxylation sites is 3. The number of rotatable bonds is 4. The van der Waals surface area contributed by atoms with Crippen LogP contribution in [0, 0.1) is 0 Å². The van der Waals surface area contributed by atoms with E-state index in [1.807, 2.05) is 72.4 Å². The van der Waals surface area contributed by atoms with E-state index in [2.05, 4.69) is 138 Å². The Kier molecular flexibility index (Phi) is 7.04. The van der Waals surface area contributed by atoms with Gasteiger partial charge in [-0.1, -0.05) is 182 Å². The minimum atomic E-state index is -0.494. The van der Waals surface area contributed by atoms with Crippen LogP contribution in [-0.2, 0) is 5.41 Å². The highest BCUT2D eigenvalue weighted by atomic mass is 32.2. The quantitative estimate of drug-likeness (QED) is 0.180. The van der Waals surface area contributed by atoms with Crippen molar-refractivity contribution >= 4 is 33.6 Å². The molecule has 0 aliphatic carbocycles. The van der Waals surface area contributed by atoms with Crippen molar-refractivity contribution in [3.63, 3.8) is 0 Å². The molecule has 0 saturated heterocycles. The van der Waals surface area contributed by atoms with Crippen LogP contribution in [0.3, 0.4) is 0 Å². The molecule has 57 heavy (non-hydrogen) atoms. The maximum atomic E-state index is 4.97. The van der Waals surface area contributed by atoms with Crippen molar-refractivity contribution in [2.75, 3.05) is 0 Å². The van der Waals surface area contributed by atoms with E-state index in [-0.39, 0.29) is 0 Å². The van der Waals surface area contributed by atoms with E-state index in [4.69, 9.17) is 15.0 Å². The van der Waals surface area contributed by atoms with Crippen LogP contribution in [0.1, 0.15) is 22.3 Å². The van der Waals surface area contributed by atoms with E-state index < -0.39 is 5.41 Å². The molecule has 266 valence electrons. The van der Waals surface area contributed by atoms with Gasteiger partial charge < -0.3 is 4.57 Å². The molecule has 2 aliphatic rings. The number of aromatic nitrogens is 4. The summed E-state index contributed by atoms with van der Waals surface area (Å²) in [6.07, 6.45) is 0. The number of hydrogen-bond donors (Lipinski definition) is 0. The van der Waals surface area contributed by atoms with Gasteiger partial charge in [0.15, 0.2) is 17.5 Å². The van der Waals surface area contributed by atoms with Crippen LogP contribution in [0.4, 0.5) is 0 Å². The first-order valence-corrected chi connectivity index (χ1v) is 20.1. The van der Waals surface area contributed by atoms with Crippen molar-refractivity contribution in [1.82, 2.24) is 19.5 Å². The topological polar surface area (TPSA) is 43.6 Å². The maximum absolute atomic E-state index is 4.97. The third-order valence-electron chi connectivity index (χ3n) is 11.7. The first-order chi connectivity index (χ1) is 28.3. The standard InChI is InChI=1S/C52H32N4S/c1-3-14-34(15-4-1)49-53-50(35-16-5-2-6-17-35)55-51(54-49)36-28-26-33(27-29-36)37-30-31-42-47(32-37)57-46-25-12-9-21-41(46)52(42)40-20-8-11-24-45(40)56-44-23-10-7-18-38(44)39-19-13-22-43(52)48(39)56/h1-32H. The molecule has 0 fully saturated rings. The molecule has 1 unspecified atom stereocenters. The number of hydrogen-bond acceptors (Lipinski definition) is 4. The van der Waals surface area contributed by atoms with Crippen LogP contribution in [-0.4, -0.2) is 19.5 Å². The zero-order valence-electron chi connectivity index (χ0n) is 30.7. The molecule has 1 atom stereocenters. The highest BCUT2D eigenvalue weighted by molar-refractivity contribution is 7.99. The van der Waals surface area contributed by atoms with E-state index in [9.17, 15) is 0 Å². The Bertz CT molecular complexity index is 3150. The molecule has 0 amide bonds. The molecule has 10 aromatic rings. The number of nitrogens with zero attached hydrogens (tertiary/aromatic N) is 4. The smallest absolute Gasteiger partial charge is 0.164 e. The Morgan fingerprint density at radius 1 is 0.368 bits per heavy atom. The summed E-state index contributed by atoms with van der Waals surface area (Å²) in [6, 6.07) is 69.8. The van der Waals surface area contributed by atoms with Gasteiger partial charge in [-0.25, -0.2) is 15.0 Å². The molecule has 0 saturated carbocycles. The molecule has 5 heteroatoms. The molecule has 4 nitrogen and oxygen atoms in total. The van der Waals surface area contributed by atoms with Gasteiger partial charge in [-0.05, 0) is 57.6 Å². The third-order valence-corrected chi connectivity index (χ3v) is 12.9. The van der Waals surface area contributed by atoms with Crippen LogP contribution < -0.4 is 0 Å². The summed E-state index contributed by atoms with van der Waals surface area (Å²) in [5.74, 6) is 1.96. The summed E-state index contributed by atoms with van der Waals surface area (Å²) >= 11 is 1.87. The fourth-order valence-corrected chi connectivity index (χ4v) is 10.5. The minimum Gasteiger partial charge on any atom is -0.309 e.